The van der Waals surface area contributed by atoms with E-state index < -0.39 is 10.5 Å². The van der Waals surface area contributed by atoms with Crippen LogP contribution in [0.3, 0.4) is 0 Å². The number of carbonyl (C=O) groups is 2. The first kappa shape index (κ1) is 19.7. The summed E-state index contributed by atoms with van der Waals surface area (Å²) in [6.07, 6.45) is 0.870. The zero-order valence-corrected chi connectivity index (χ0v) is 15.6. The molecular weight excluding hydrogens is 338 g/mol. The third-order valence-electron chi connectivity index (χ3n) is 4.15. The van der Waals surface area contributed by atoms with Crippen LogP contribution in [0.25, 0.3) is 0 Å². The molecule has 2 amide bonds. The maximum Gasteiger partial charge on any atom is 0.410 e. The van der Waals surface area contributed by atoms with Crippen LogP contribution >= 0.6 is 0 Å². The van der Waals surface area contributed by atoms with Gasteiger partial charge < -0.3 is 15.0 Å². The van der Waals surface area contributed by atoms with Crippen molar-refractivity contribution in [3.8, 4) is 0 Å². The average Bonchev–Trinajstić information content (AvgIpc) is 2.54. The Hall–Kier alpha value is -2.64. The minimum atomic E-state index is -0.539. The van der Waals surface area contributed by atoms with Gasteiger partial charge in [0, 0.05) is 36.3 Å². The van der Waals surface area contributed by atoms with Crippen molar-refractivity contribution in [1.82, 2.24) is 10.2 Å². The molecule has 1 aliphatic rings. The first-order valence-electron chi connectivity index (χ1n) is 8.60. The van der Waals surface area contributed by atoms with Gasteiger partial charge in [0.05, 0.1) is 4.92 Å². The first-order valence-corrected chi connectivity index (χ1v) is 8.60. The molecule has 142 valence electrons. The van der Waals surface area contributed by atoms with Gasteiger partial charge in [0.15, 0.2) is 0 Å². The molecule has 0 spiro atoms. The number of carbonyl (C=O) groups excluding carboxylic acids is 2. The number of rotatable bonds is 3. The standard InChI is InChI=1S/C18H25N3O5/c1-12-5-6-13(11-15(12)21(24)25)16(22)19-14-7-9-20(10-8-14)17(23)26-18(2,3)4/h5-6,11,14H,7-10H2,1-4H3,(H,19,22). The van der Waals surface area contributed by atoms with Crippen LogP contribution in [0.15, 0.2) is 18.2 Å². The normalized spacial score (nSPS) is 15.5. The molecular formula is C18H25N3O5. The molecule has 0 atom stereocenters. The minimum Gasteiger partial charge on any atom is -0.444 e. The van der Waals surface area contributed by atoms with Crippen LogP contribution < -0.4 is 5.32 Å². The van der Waals surface area contributed by atoms with Crippen LogP contribution in [-0.4, -0.2) is 46.6 Å². The minimum absolute atomic E-state index is 0.0719. The SMILES string of the molecule is Cc1ccc(C(=O)NC2CCN(C(=O)OC(C)(C)C)CC2)cc1[N+](=O)[O-]. The molecule has 8 nitrogen and oxygen atoms in total. The maximum absolute atomic E-state index is 12.4. The lowest BCUT2D eigenvalue weighted by atomic mass is 10.0. The van der Waals surface area contributed by atoms with E-state index in [4.69, 9.17) is 4.74 Å². The van der Waals surface area contributed by atoms with E-state index in [9.17, 15) is 19.7 Å². The summed E-state index contributed by atoms with van der Waals surface area (Å²) in [7, 11) is 0. The summed E-state index contributed by atoms with van der Waals surface area (Å²) in [5.41, 5.74) is 0.161. The van der Waals surface area contributed by atoms with Gasteiger partial charge in [-0.2, -0.15) is 0 Å². The lowest BCUT2D eigenvalue weighted by Gasteiger charge is -2.33. The summed E-state index contributed by atoms with van der Waals surface area (Å²) >= 11 is 0. The highest BCUT2D eigenvalue weighted by Crippen LogP contribution is 2.20. The van der Waals surface area contributed by atoms with Gasteiger partial charge in [-0.25, -0.2) is 4.79 Å². The van der Waals surface area contributed by atoms with Gasteiger partial charge in [0.1, 0.15) is 5.60 Å². The summed E-state index contributed by atoms with van der Waals surface area (Å²) in [5.74, 6) is -0.344. The van der Waals surface area contributed by atoms with Gasteiger partial charge in [-0.1, -0.05) is 6.07 Å². The predicted molar refractivity (Wildman–Crippen MR) is 96.1 cm³/mol. The monoisotopic (exact) mass is 363 g/mol. The number of nitrogens with zero attached hydrogens (tertiary/aromatic N) is 2. The number of ether oxygens (including phenoxy) is 1. The smallest absolute Gasteiger partial charge is 0.410 e. The fraction of sp³-hybridized carbons (Fsp3) is 0.556. The summed E-state index contributed by atoms with van der Waals surface area (Å²) in [4.78, 5) is 36.6. The van der Waals surface area contributed by atoms with E-state index in [1.54, 1.807) is 24.0 Å². The molecule has 0 bridgehead atoms. The second-order valence-corrected chi connectivity index (χ2v) is 7.47. The molecule has 0 aliphatic carbocycles. The Morgan fingerprint density at radius 3 is 2.42 bits per heavy atom. The molecule has 2 rings (SSSR count). The van der Waals surface area contributed by atoms with Crippen LogP contribution in [0.1, 0.15) is 49.5 Å². The van der Waals surface area contributed by atoms with Crippen molar-refractivity contribution in [2.75, 3.05) is 13.1 Å². The van der Waals surface area contributed by atoms with E-state index in [1.807, 2.05) is 20.8 Å². The number of hydrogen-bond acceptors (Lipinski definition) is 5. The Morgan fingerprint density at radius 1 is 1.27 bits per heavy atom. The number of nitro groups is 1. The van der Waals surface area contributed by atoms with Crippen molar-refractivity contribution in [1.29, 1.82) is 0 Å². The second-order valence-electron chi connectivity index (χ2n) is 7.47. The first-order chi connectivity index (χ1) is 12.1. The molecule has 1 heterocycles. The Bertz CT molecular complexity index is 703. The third-order valence-corrected chi connectivity index (χ3v) is 4.15. The number of benzene rings is 1. The number of amides is 2. The predicted octanol–water partition coefficient (Wildman–Crippen LogP) is 3.03. The maximum atomic E-state index is 12.4. The molecule has 1 N–H and O–H groups in total. The molecule has 1 saturated heterocycles. The highest BCUT2D eigenvalue weighted by atomic mass is 16.6. The topological polar surface area (TPSA) is 102 Å². The second kappa shape index (κ2) is 7.72. The van der Waals surface area contributed by atoms with Crippen molar-refractivity contribution in [3.05, 3.63) is 39.4 Å². The van der Waals surface area contributed by atoms with E-state index in [0.717, 1.165) is 0 Å². The molecule has 1 aliphatic heterocycles. The Labute approximate surface area is 152 Å². The van der Waals surface area contributed by atoms with Gasteiger partial charge in [0.2, 0.25) is 0 Å². The van der Waals surface area contributed by atoms with Crippen molar-refractivity contribution in [2.45, 2.75) is 52.2 Å². The van der Waals surface area contributed by atoms with Gasteiger partial charge in [-0.15, -0.1) is 0 Å². The zero-order valence-electron chi connectivity index (χ0n) is 15.6. The van der Waals surface area contributed by atoms with Crippen LogP contribution in [-0.2, 0) is 4.74 Å². The third kappa shape index (κ3) is 5.18. The number of nitro benzene ring substituents is 1. The number of piperidine rings is 1. The van der Waals surface area contributed by atoms with Crippen LogP contribution in [0.2, 0.25) is 0 Å². The fourth-order valence-electron chi connectivity index (χ4n) is 2.75. The van der Waals surface area contributed by atoms with Crippen molar-refractivity contribution >= 4 is 17.7 Å². The summed E-state index contributed by atoms with van der Waals surface area (Å²) in [5, 5.41) is 13.9. The Balaban J connectivity index is 1.91. The molecule has 1 aromatic rings. The number of nitrogens with one attached hydrogen (secondary N) is 1. The van der Waals surface area contributed by atoms with Crippen molar-refractivity contribution in [3.63, 3.8) is 0 Å². The van der Waals surface area contributed by atoms with Crippen molar-refractivity contribution in [2.24, 2.45) is 0 Å². The molecule has 8 heteroatoms. The molecule has 1 fully saturated rings. The summed E-state index contributed by atoms with van der Waals surface area (Å²) < 4.78 is 5.35. The molecule has 0 unspecified atom stereocenters. The van der Waals surface area contributed by atoms with E-state index in [2.05, 4.69) is 5.32 Å². The van der Waals surface area contributed by atoms with Gasteiger partial charge in [-0.3, -0.25) is 14.9 Å². The average molecular weight is 363 g/mol. The van der Waals surface area contributed by atoms with E-state index in [1.165, 1.54) is 6.07 Å². The Morgan fingerprint density at radius 2 is 1.88 bits per heavy atom. The van der Waals surface area contributed by atoms with Crippen LogP contribution in [0.4, 0.5) is 10.5 Å². The largest absolute Gasteiger partial charge is 0.444 e. The summed E-state index contributed by atoms with van der Waals surface area (Å²) in [6.45, 7) is 8.07. The molecule has 1 aromatic carbocycles. The molecule has 26 heavy (non-hydrogen) atoms. The number of aryl methyl sites for hydroxylation is 1. The molecule has 0 radical (unpaired) electrons. The van der Waals surface area contributed by atoms with Gasteiger partial charge in [0.25, 0.3) is 11.6 Å². The molecule has 0 saturated carbocycles. The lowest BCUT2D eigenvalue weighted by molar-refractivity contribution is -0.385. The number of hydrogen-bond donors (Lipinski definition) is 1. The van der Waals surface area contributed by atoms with Crippen LogP contribution in [0.5, 0.6) is 0 Å². The fourth-order valence-corrected chi connectivity index (χ4v) is 2.75. The number of likely N-dealkylation sites (tertiary alicyclic amines) is 1. The summed E-state index contributed by atoms with van der Waals surface area (Å²) in [6, 6.07) is 4.35. The Kier molecular flexibility index (Phi) is 5.84. The quantitative estimate of drug-likeness (QED) is 0.657. The van der Waals surface area contributed by atoms with Gasteiger partial charge in [-0.05, 0) is 46.6 Å². The van der Waals surface area contributed by atoms with Gasteiger partial charge >= 0.3 is 6.09 Å². The van der Waals surface area contributed by atoms with Crippen molar-refractivity contribution < 1.29 is 19.2 Å². The zero-order chi connectivity index (χ0) is 19.5. The van der Waals surface area contributed by atoms with Crippen LogP contribution in [0, 0.1) is 17.0 Å². The van der Waals surface area contributed by atoms with E-state index in [-0.39, 0.29) is 29.3 Å². The lowest BCUT2D eigenvalue weighted by Crippen LogP contribution is -2.47. The highest BCUT2D eigenvalue weighted by molar-refractivity contribution is 5.95. The molecule has 0 aromatic heterocycles. The van der Waals surface area contributed by atoms with E-state index in [0.29, 0.717) is 31.5 Å². The van der Waals surface area contributed by atoms with E-state index >= 15 is 0 Å². The highest BCUT2D eigenvalue weighted by Gasteiger charge is 2.28.